The van der Waals surface area contributed by atoms with Crippen molar-refractivity contribution < 1.29 is 0 Å². The van der Waals surface area contributed by atoms with E-state index in [1.165, 1.54) is 125 Å². The SMILES string of the molecule is CC(C)(C)c1ccc(N2c3cc(-c4ccc([Si](c5ccccc5)(c5ccccc5)c5cccc(-c6ccccc6)c5)cc4)ccc3B3c4ccc([Si](c5ccccc5)(c5ccccc5)c5cccc(-c6ccccc6)c5)cc4N(c4ccccc4-c4ccccc4)c4cc(C(C)(C)C)cc2c43)c(-c2ccccc2)c1. The minimum atomic E-state index is -3.25. The zero-order valence-corrected chi connectivity index (χ0v) is 64.7. The van der Waals surface area contributed by atoms with E-state index in [1.807, 2.05) is 0 Å². The van der Waals surface area contributed by atoms with Gasteiger partial charge in [-0.05, 0) is 167 Å². The highest BCUT2D eigenvalue weighted by Crippen LogP contribution is 2.51. The zero-order chi connectivity index (χ0) is 73.9. The molecule has 0 aromatic heterocycles. The summed E-state index contributed by atoms with van der Waals surface area (Å²) in [5, 5.41) is 10.6. The highest BCUT2D eigenvalue weighted by Gasteiger charge is 2.49. The number of hydrogen-bond donors (Lipinski definition) is 0. The lowest BCUT2D eigenvalue weighted by Gasteiger charge is -2.46. The van der Waals surface area contributed by atoms with Gasteiger partial charge in [-0.15, -0.1) is 0 Å². The lowest BCUT2D eigenvalue weighted by Crippen LogP contribution is -2.75. The van der Waals surface area contributed by atoms with Gasteiger partial charge in [-0.3, -0.25) is 0 Å². The fraction of sp³-hybridized carbons (Fsp3) is 0.0769. The molecular formula is C104H85BN2Si2. The van der Waals surface area contributed by atoms with E-state index in [4.69, 9.17) is 0 Å². The molecule has 0 saturated carbocycles. The summed E-state index contributed by atoms with van der Waals surface area (Å²) in [5.74, 6) is 0. The van der Waals surface area contributed by atoms with Gasteiger partial charge in [-0.1, -0.05) is 406 Å². The highest BCUT2D eigenvalue weighted by molar-refractivity contribution is 7.20. The monoisotopic (exact) mass is 1430 g/mol. The first-order valence-electron chi connectivity index (χ1n) is 38.4. The van der Waals surface area contributed by atoms with Gasteiger partial charge in [0.1, 0.15) is 0 Å². The molecule has 0 N–H and O–H groups in total. The molecule has 2 nitrogen and oxygen atoms in total. The molecule has 2 aliphatic heterocycles. The molecule has 2 heterocycles. The van der Waals surface area contributed by atoms with Crippen LogP contribution in [0.4, 0.5) is 34.1 Å². The first kappa shape index (κ1) is 68.4. The topological polar surface area (TPSA) is 6.48 Å². The molecule has 0 saturated heterocycles. The summed E-state index contributed by atoms with van der Waals surface area (Å²) in [5.41, 5.74) is 24.7. The number of fused-ring (bicyclic) bond motifs is 4. The van der Waals surface area contributed by atoms with Crippen LogP contribution in [0.15, 0.2) is 406 Å². The third kappa shape index (κ3) is 12.1. The second kappa shape index (κ2) is 28.1. The average Bonchev–Trinajstić information content (AvgIpc) is 0.689. The van der Waals surface area contributed by atoms with Crippen molar-refractivity contribution in [3.8, 4) is 55.6 Å². The van der Waals surface area contributed by atoms with Crippen LogP contribution in [0.25, 0.3) is 55.6 Å². The Kier molecular flexibility index (Phi) is 17.6. The van der Waals surface area contributed by atoms with Gasteiger partial charge >= 0.3 is 0 Å². The molecule has 0 radical (unpaired) electrons. The van der Waals surface area contributed by atoms with Gasteiger partial charge in [0.05, 0.1) is 11.4 Å². The van der Waals surface area contributed by atoms with Crippen molar-refractivity contribution in [3.05, 3.63) is 418 Å². The molecule has 5 heteroatoms. The third-order valence-corrected chi connectivity index (χ3v) is 32.6. The first-order chi connectivity index (χ1) is 53.3. The van der Waals surface area contributed by atoms with Gasteiger partial charge in [0.25, 0.3) is 6.71 Å². The molecule has 18 rings (SSSR count). The van der Waals surface area contributed by atoms with E-state index in [0.29, 0.717) is 0 Å². The predicted octanol–water partition coefficient (Wildman–Crippen LogP) is 19.5. The first-order valence-corrected chi connectivity index (χ1v) is 42.4. The Morgan fingerprint density at radius 1 is 0.202 bits per heavy atom. The Balaban J connectivity index is 0.919. The number of hydrogen-bond acceptors (Lipinski definition) is 2. The molecule has 0 unspecified atom stereocenters. The summed E-state index contributed by atoms with van der Waals surface area (Å²) >= 11 is 0. The van der Waals surface area contributed by atoms with Crippen LogP contribution in [0.5, 0.6) is 0 Å². The van der Waals surface area contributed by atoms with Crippen LogP contribution in [-0.4, -0.2) is 22.9 Å². The molecular weight excluding hydrogens is 1340 g/mol. The normalized spacial score (nSPS) is 12.6. The Labute approximate surface area is 645 Å². The lowest BCUT2D eigenvalue weighted by atomic mass is 9.33. The molecule has 0 bridgehead atoms. The second-order valence-electron chi connectivity index (χ2n) is 31.5. The van der Waals surface area contributed by atoms with Crippen molar-refractivity contribution in [2.75, 3.05) is 9.80 Å². The van der Waals surface area contributed by atoms with Gasteiger partial charge in [0.15, 0.2) is 16.1 Å². The van der Waals surface area contributed by atoms with Crippen LogP contribution in [0.1, 0.15) is 52.7 Å². The van der Waals surface area contributed by atoms with Crippen molar-refractivity contribution in [2.24, 2.45) is 0 Å². The quantitative estimate of drug-likeness (QED) is 0.0746. The van der Waals surface area contributed by atoms with Gasteiger partial charge in [0, 0.05) is 33.9 Å². The number of para-hydroxylation sites is 1. The third-order valence-electron chi connectivity index (χ3n) is 23.1. The molecule has 522 valence electrons. The molecule has 0 amide bonds. The number of anilines is 6. The van der Waals surface area contributed by atoms with Gasteiger partial charge < -0.3 is 9.80 Å². The molecule has 0 spiro atoms. The van der Waals surface area contributed by atoms with Crippen molar-refractivity contribution >= 4 is 115 Å². The van der Waals surface area contributed by atoms with Crippen molar-refractivity contribution in [3.63, 3.8) is 0 Å². The standard InChI is InChI=1S/C104H85BN2Si2/c1-103(2,3)82-60-66-97(93(70-82)78-41-21-10-22-42-78)107-98-69-81(76-57-61-88(62-58-76)108(84-45-23-11-24-46-84,85-47-25-12-26-48-85)89-53-33-43-79(67-89)74-35-15-7-16-36-74)59-64-94(98)105-95-65-63-91(109(86-49-27-13-28-50-86,87-51-29-14-30-52-87)90-54-34-44-80(68-90)75-37-17-8-18-38-75)73-99(95)106(100-71-83(104(4,5)6)72-101(107)102(100)105)96-56-32-31-55-92(96)77-39-19-9-20-40-77/h7-73H,1-6H3. The van der Waals surface area contributed by atoms with Crippen molar-refractivity contribution in [1.29, 1.82) is 0 Å². The summed E-state index contributed by atoms with van der Waals surface area (Å²) in [7, 11) is -6.23. The fourth-order valence-electron chi connectivity index (χ4n) is 17.7. The van der Waals surface area contributed by atoms with Crippen LogP contribution in [-0.2, 0) is 10.8 Å². The van der Waals surface area contributed by atoms with Crippen LogP contribution in [0, 0.1) is 0 Å². The summed E-state index contributed by atoms with van der Waals surface area (Å²) in [6.07, 6.45) is 0. The van der Waals surface area contributed by atoms with Crippen LogP contribution in [0.3, 0.4) is 0 Å². The van der Waals surface area contributed by atoms with Gasteiger partial charge in [0.2, 0.25) is 0 Å². The van der Waals surface area contributed by atoms with Gasteiger partial charge in [-0.2, -0.15) is 0 Å². The highest BCUT2D eigenvalue weighted by atomic mass is 28.3. The fourth-order valence-corrected chi connectivity index (χ4v) is 27.3. The van der Waals surface area contributed by atoms with Crippen molar-refractivity contribution in [1.82, 2.24) is 0 Å². The van der Waals surface area contributed by atoms with Crippen LogP contribution >= 0.6 is 0 Å². The molecule has 16 aromatic rings. The summed E-state index contributed by atoms with van der Waals surface area (Å²) in [4.78, 5) is 5.37. The summed E-state index contributed by atoms with van der Waals surface area (Å²) in [6, 6.07) is 155. The van der Waals surface area contributed by atoms with E-state index in [0.717, 1.165) is 33.8 Å². The molecule has 0 fully saturated rings. The number of benzene rings is 16. The van der Waals surface area contributed by atoms with Crippen LogP contribution in [0.2, 0.25) is 0 Å². The molecule has 0 atom stereocenters. The smallest absolute Gasteiger partial charge is 0.252 e. The summed E-state index contributed by atoms with van der Waals surface area (Å²) < 4.78 is 0. The maximum absolute atomic E-state index is 3.25. The Morgan fingerprint density at radius 2 is 0.523 bits per heavy atom. The Morgan fingerprint density at radius 3 is 0.991 bits per heavy atom. The van der Waals surface area contributed by atoms with E-state index in [1.54, 1.807) is 0 Å². The van der Waals surface area contributed by atoms with E-state index in [9.17, 15) is 0 Å². The molecule has 16 aromatic carbocycles. The summed E-state index contributed by atoms with van der Waals surface area (Å²) in [6.45, 7) is 14.0. The Bertz CT molecular complexity index is 5900. The number of nitrogens with zero attached hydrogens (tertiary/aromatic N) is 2. The lowest BCUT2D eigenvalue weighted by molar-refractivity contribution is 0.590. The molecule has 109 heavy (non-hydrogen) atoms. The second-order valence-corrected chi connectivity index (χ2v) is 39.1. The van der Waals surface area contributed by atoms with Gasteiger partial charge in [-0.25, -0.2) is 0 Å². The van der Waals surface area contributed by atoms with E-state index < -0.39 is 16.1 Å². The number of rotatable bonds is 15. The zero-order valence-electron chi connectivity index (χ0n) is 62.7. The van der Waals surface area contributed by atoms with E-state index in [-0.39, 0.29) is 17.5 Å². The Hall–Kier alpha value is -12.4. The van der Waals surface area contributed by atoms with E-state index in [2.05, 4.69) is 458 Å². The maximum Gasteiger partial charge on any atom is 0.252 e. The van der Waals surface area contributed by atoms with E-state index >= 15 is 0 Å². The minimum absolute atomic E-state index is 0.120. The minimum Gasteiger partial charge on any atom is -0.311 e. The predicted molar refractivity (Wildman–Crippen MR) is 472 cm³/mol. The molecule has 2 aliphatic rings. The maximum atomic E-state index is 2.69. The average molecular weight is 1430 g/mol. The van der Waals surface area contributed by atoms with Crippen LogP contribution < -0.4 is 67.7 Å². The largest absolute Gasteiger partial charge is 0.311 e. The van der Waals surface area contributed by atoms with Crippen molar-refractivity contribution in [2.45, 2.75) is 52.4 Å². The molecule has 0 aliphatic carbocycles.